The number of Topliss-reactive ketones (excluding diaryl/α,β-unsaturated/α-hetero) is 1. The Balaban J connectivity index is 2.40. The third kappa shape index (κ3) is 3.32. The van der Waals surface area contributed by atoms with Gasteiger partial charge in [-0.05, 0) is 39.7 Å². The highest BCUT2D eigenvalue weighted by atomic mass is 16.1. The van der Waals surface area contributed by atoms with Gasteiger partial charge in [0.1, 0.15) is 5.78 Å². The fraction of sp³-hybridized carbons (Fsp3) is 0.636. The van der Waals surface area contributed by atoms with Crippen LogP contribution in [0.1, 0.15) is 45.3 Å². The molecular weight excluding hydrogens is 176 g/mol. The van der Waals surface area contributed by atoms with Crippen LogP contribution in [-0.4, -0.2) is 15.6 Å². The molecule has 3 nitrogen and oxygen atoms in total. The van der Waals surface area contributed by atoms with E-state index in [-0.39, 0.29) is 5.78 Å². The van der Waals surface area contributed by atoms with Crippen LogP contribution in [0.3, 0.4) is 0 Å². The van der Waals surface area contributed by atoms with Crippen molar-refractivity contribution >= 4 is 5.78 Å². The fourth-order valence-electron chi connectivity index (χ4n) is 1.32. The quantitative estimate of drug-likeness (QED) is 0.721. The lowest BCUT2D eigenvalue weighted by molar-refractivity contribution is -0.117. The Morgan fingerprint density at radius 3 is 2.79 bits per heavy atom. The summed E-state index contributed by atoms with van der Waals surface area (Å²) in [5, 5.41) is 4.41. The van der Waals surface area contributed by atoms with Gasteiger partial charge in [0.05, 0.1) is 5.69 Å². The number of carbonyl (C=O) groups excluding carboxylic acids is 1. The van der Waals surface area contributed by atoms with E-state index in [1.165, 1.54) is 0 Å². The van der Waals surface area contributed by atoms with Gasteiger partial charge < -0.3 is 4.79 Å². The van der Waals surface area contributed by atoms with Crippen LogP contribution >= 0.6 is 0 Å². The molecule has 0 unspecified atom stereocenters. The highest BCUT2D eigenvalue weighted by molar-refractivity contribution is 5.75. The molecule has 78 valence electrons. The normalized spacial score (nSPS) is 10.9. The van der Waals surface area contributed by atoms with Gasteiger partial charge in [-0.25, -0.2) is 0 Å². The number of carbonyl (C=O) groups is 1. The highest BCUT2D eigenvalue weighted by Gasteiger charge is 2.02. The summed E-state index contributed by atoms with van der Waals surface area (Å²) in [5.41, 5.74) is 1.08. The average Bonchev–Trinajstić information content (AvgIpc) is 2.52. The molecule has 1 aromatic heterocycles. The first kappa shape index (κ1) is 11.0. The Morgan fingerprint density at radius 1 is 1.57 bits per heavy atom. The minimum absolute atomic E-state index is 0.258. The van der Waals surface area contributed by atoms with Crippen LogP contribution in [0.15, 0.2) is 12.3 Å². The number of nitrogens with zero attached hydrogens (tertiary/aromatic N) is 2. The van der Waals surface area contributed by atoms with Crippen molar-refractivity contribution in [3.63, 3.8) is 0 Å². The molecule has 0 aliphatic carbocycles. The SMILES string of the molecule is CC(=O)CCCc1ccn(C(C)C)n1. The summed E-state index contributed by atoms with van der Waals surface area (Å²) < 4.78 is 1.95. The molecule has 0 spiro atoms. The smallest absolute Gasteiger partial charge is 0.129 e. The summed E-state index contributed by atoms with van der Waals surface area (Å²) in [5.74, 6) is 0.258. The summed E-state index contributed by atoms with van der Waals surface area (Å²) in [6, 6.07) is 2.44. The van der Waals surface area contributed by atoms with E-state index in [2.05, 4.69) is 18.9 Å². The second kappa shape index (κ2) is 4.94. The lowest BCUT2D eigenvalue weighted by Crippen LogP contribution is -2.02. The first-order valence-corrected chi connectivity index (χ1v) is 5.13. The van der Waals surface area contributed by atoms with E-state index < -0.39 is 0 Å². The van der Waals surface area contributed by atoms with Crippen molar-refractivity contribution in [1.82, 2.24) is 9.78 Å². The summed E-state index contributed by atoms with van der Waals surface area (Å²) >= 11 is 0. The van der Waals surface area contributed by atoms with Crippen LogP contribution in [-0.2, 0) is 11.2 Å². The summed E-state index contributed by atoms with van der Waals surface area (Å²) in [6.45, 7) is 5.84. The van der Waals surface area contributed by atoms with Crippen LogP contribution in [0.5, 0.6) is 0 Å². The molecule has 0 atom stereocenters. The summed E-state index contributed by atoms with van der Waals surface area (Å²) in [7, 11) is 0. The highest BCUT2D eigenvalue weighted by Crippen LogP contribution is 2.07. The predicted octanol–water partition coefficient (Wildman–Crippen LogP) is 2.38. The molecule has 1 aromatic rings. The van der Waals surface area contributed by atoms with Gasteiger partial charge in [-0.3, -0.25) is 4.68 Å². The van der Waals surface area contributed by atoms with E-state index in [1.807, 2.05) is 16.9 Å². The maximum atomic E-state index is 10.7. The van der Waals surface area contributed by atoms with E-state index >= 15 is 0 Å². The van der Waals surface area contributed by atoms with E-state index in [0.29, 0.717) is 12.5 Å². The van der Waals surface area contributed by atoms with E-state index in [4.69, 9.17) is 0 Å². The third-order valence-corrected chi connectivity index (χ3v) is 2.15. The molecule has 0 saturated heterocycles. The van der Waals surface area contributed by atoms with Gasteiger partial charge in [0.15, 0.2) is 0 Å². The molecule has 0 fully saturated rings. The van der Waals surface area contributed by atoms with Crippen LogP contribution in [0, 0.1) is 0 Å². The van der Waals surface area contributed by atoms with Crippen molar-refractivity contribution < 1.29 is 4.79 Å². The molecule has 0 aliphatic rings. The van der Waals surface area contributed by atoms with E-state index in [9.17, 15) is 4.79 Å². The van der Waals surface area contributed by atoms with Gasteiger partial charge in [-0.15, -0.1) is 0 Å². The van der Waals surface area contributed by atoms with Crippen molar-refractivity contribution in [2.24, 2.45) is 0 Å². The minimum Gasteiger partial charge on any atom is -0.300 e. The first-order chi connectivity index (χ1) is 6.59. The summed E-state index contributed by atoms with van der Waals surface area (Å²) in [6.07, 6.45) is 4.46. The zero-order chi connectivity index (χ0) is 10.6. The molecule has 1 rings (SSSR count). The Kier molecular flexibility index (Phi) is 3.86. The Morgan fingerprint density at radius 2 is 2.29 bits per heavy atom. The van der Waals surface area contributed by atoms with Crippen LogP contribution in [0.2, 0.25) is 0 Å². The maximum Gasteiger partial charge on any atom is 0.129 e. The van der Waals surface area contributed by atoms with E-state index in [1.54, 1.807) is 6.92 Å². The van der Waals surface area contributed by atoms with Crippen LogP contribution < -0.4 is 0 Å². The minimum atomic E-state index is 0.258. The number of hydrogen-bond donors (Lipinski definition) is 0. The zero-order valence-corrected chi connectivity index (χ0v) is 9.16. The van der Waals surface area contributed by atoms with Crippen molar-refractivity contribution in [2.45, 2.75) is 46.1 Å². The fourth-order valence-corrected chi connectivity index (χ4v) is 1.32. The number of rotatable bonds is 5. The molecular formula is C11H18N2O. The van der Waals surface area contributed by atoms with Crippen LogP contribution in [0.25, 0.3) is 0 Å². The van der Waals surface area contributed by atoms with Crippen molar-refractivity contribution in [3.8, 4) is 0 Å². The first-order valence-electron chi connectivity index (χ1n) is 5.13. The van der Waals surface area contributed by atoms with Crippen molar-refractivity contribution in [2.75, 3.05) is 0 Å². The number of ketones is 1. The zero-order valence-electron chi connectivity index (χ0n) is 9.16. The average molecular weight is 194 g/mol. The molecule has 1 heterocycles. The lowest BCUT2D eigenvalue weighted by Gasteiger charge is -2.03. The molecule has 0 radical (unpaired) electrons. The maximum absolute atomic E-state index is 10.7. The summed E-state index contributed by atoms with van der Waals surface area (Å²) in [4.78, 5) is 10.7. The van der Waals surface area contributed by atoms with Gasteiger partial charge in [0.2, 0.25) is 0 Å². The predicted molar refractivity (Wildman–Crippen MR) is 56.2 cm³/mol. The molecule has 0 bridgehead atoms. The van der Waals surface area contributed by atoms with E-state index in [0.717, 1.165) is 18.5 Å². The van der Waals surface area contributed by atoms with Crippen molar-refractivity contribution in [1.29, 1.82) is 0 Å². The van der Waals surface area contributed by atoms with Crippen molar-refractivity contribution in [3.05, 3.63) is 18.0 Å². The van der Waals surface area contributed by atoms with Gasteiger partial charge in [-0.2, -0.15) is 5.10 Å². The number of hydrogen-bond acceptors (Lipinski definition) is 2. The largest absolute Gasteiger partial charge is 0.300 e. The standard InChI is InChI=1S/C11H18N2O/c1-9(2)13-8-7-11(12-13)6-4-5-10(3)14/h7-9H,4-6H2,1-3H3. The van der Waals surface area contributed by atoms with Gasteiger partial charge in [-0.1, -0.05) is 0 Å². The lowest BCUT2D eigenvalue weighted by atomic mass is 10.1. The molecule has 0 saturated carbocycles. The number of aryl methyl sites for hydroxylation is 1. The Labute approximate surface area is 85.1 Å². The third-order valence-electron chi connectivity index (χ3n) is 2.15. The molecule has 0 amide bonds. The second-order valence-electron chi connectivity index (χ2n) is 3.94. The molecule has 0 N–H and O–H groups in total. The van der Waals surface area contributed by atoms with Gasteiger partial charge in [0.25, 0.3) is 0 Å². The van der Waals surface area contributed by atoms with Gasteiger partial charge >= 0.3 is 0 Å². The Hall–Kier alpha value is -1.12. The molecule has 3 heteroatoms. The Bertz CT molecular complexity index is 302. The molecule has 14 heavy (non-hydrogen) atoms. The number of aromatic nitrogens is 2. The van der Waals surface area contributed by atoms with Gasteiger partial charge in [0, 0.05) is 18.7 Å². The van der Waals surface area contributed by atoms with Crippen LogP contribution in [0.4, 0.5) is 0 Å². The molecule has 0 aliphatic heterocycles. The topological polar surface area (TPSA) is 34.9 Å². The second-order valence-corrected chi connectivity index (χ2v) is 3.94. The molecule has 0 aromatic carbocycles. The monoisotopic (exact) mass is 194 g/mol.